The van der Waals surface area contributed by atoms with Gasteiger partial charge in [0.25, 0.3) is 0 Å². The van der Waals surface area contributed by atoms with Gasteiger partial charge >= 0.3 is 0 Å². The summed E-state index contributed by atoms with van der Waals surface area (Å²) < 4.78 is 0. The van der Waals surface area contributed by atoms with Gasteiger partial charge in [-0.15, -0.1) is 0 Å². The summed E-state index contributed by atoms with van der Waals surface area (Å²) in [5.41, 5.74) is 4.41. The molecule has 0 aliphatic carbocycles. The summed E-state index contributed by atoms with van der Waals surface area (Å²) >= 11 is 19.5. The van der Waals surface area contributed by atoms with Gasteiger partial charge in [-0.25, -0.2) is 0 Å². The molecule has 2 nitrogen and oxygen atoms in total. The van der Waals surface area contributed by atoms with Crippen LogP contribution in [0.2, 0.25) is 10.0 Å². The van der Waals surface area contributed by atoms with Crippen LogP contribution in [-0.2, 0) is 5.75 Å². The largest absolute Gasteiger partial charge is 0.362 e. The molecule has 2 rings (SSSR count). The minimum atomic E-state index is 0.639. The van der Waals surface area contributed by atoms with E-state index in [2.05, 4.69) is 42.7 Å². The second-order valence-electron chi connectivity index (χ2n) is 5.45. The number of halogens is 2. The number of rotatable bonds is 6. The van der Waals surface area contributed by atoms with Gasteiger partial charge in [-0.3, -0.25) is 0 Å². The van der Waals surface area contributed by atoms with E-state index in [-0.39, 0.29) is 0 Å². The molecule has 0 aliphatic heterocycles. The lowest BCUT2D eigenvalue weighted by molar-refractivity contribution is 0.989. The Morgan fingerprint density at radius 3 is 2.54 bits per heavy atom. The molecule has 24 heavy (non-hydrogen) atoms. The van der Waals surface area contributed by atoms with Crippen molar-refractivity contribution in [2.75, 3.05) is 17.6 Å². The van der Waals surface area contributed by atoms with Gasteiger partial charge in [0.15, 0.2) is 5.11 Å². The summed E-state index contributed by atoms with van der Waals surface area (Å²) in [5.74, 6) is 1.70. The third-order valence-electron chi connectivity index (χ3n) is 3.48. The maximum absolute atomic E-state index is 6.17. The zero-order valence-electron chi connectivity index (χ0n) is 13.7. The topological polar surface area (TPSA) is 24.1 Å². The molecule has 0 unspecified atom stereocenters. The van der Waals surface area contributed by atoms with E-state index in [0.29, 0.717) is 5.11 Å². The lowest BCUT2D eigenvalue weighted by Gasteiger charge is -2.13. The number of hydrogen-bond donors (Lipinski definition) is 2. The molecule has 0 amide bonds. The Morgan fingerprint density at radius 1 is 1.12 bits per heavy atom. The second-order valence-corrected chi connectivity index (χ2v) is 7.78. The molecule has 0 radical (unpaired) electrons. The van der Waals surface area contributed by atoms with E-state index in [0.717, 1.165) is 39.3 Å². The Bertz CT molecular complexity index is 700. The predicted octanol–water partition coefficient (Wildman–Crippen LogP) is 5.83. The molecule has 128 valence electrons. The molecule has 2 N–H and O–H groups in total. The molecule has 0 spiro atoms. The molecular weight excluding hydrogens is 379 g/mol. The normalized spacial score (nSPS) is 10.5. The Labute approximate surface area is 163 Å². The first-order valence-corrected chi connectivity index (χ1v) is 9.92. The van der Waals surface area contributed by atoms with Crippen LogP contribution in [0.3, 0.4) is 0 Å². The lowest BCUT2D eigenvalue weighted by atomic mass is 10.1. The SMILES string of the molecule is Cc1ccc(C)c(NC(=S)NCCSCc2c(Cl)cccc2Cl)c1. The maximum atomic E-state index is 6.17. The van der Waals surface area contributed by atoms with E-state index in [1.807, 2.05) is 18.2 Å². The third-order valence-corrected chi connectivity index (χ3v) is 5.42. The Hall–Kier alpha value is -0.940. The fraction of sp³-hybridized carbons (Fsp3) is 0.278. The summed E-state index contributed by atoms with van der Waals surface area (Å²) in [6.07, 6.45) is 0. The number of thioether (sulfide) groups is 1. The summed E-state index contributed by atoms with van der Waals surface area (Å²) in [5, 5.41) is 8.55. The minimum Gasteiger partial charge on any atom is -0.362 e. The molecule has 0 fully saturated rings. The first kappa shape index (κ1) is 19.4. The number of benzene rings is 2. The van der Waals surface area contributed by atoms with Crippen molar-refractivity contribution >= 4 is 58.0 Å². The highest BCUT2D eigenvalue weighted by Gasteiger charge is 2.05. The van der Waals surface area contributed by atoms with Crippen LogP contribution < -0.4 is 10.6 Å². The molecule has 0 saturated heterocycles. The van der Waals surface area contributed by atoms with E-state index in [1.165, 1.54) is 11.1 Å². The molecule has 0 bridgehead atoms. The van der Waals surface area contributed by atoms with Crippen LogP contribution in [0.1, 0.15) is 16.7 Å². The summed E-state index contributed by atoms with van der Waals surface area (Å²) in [6, 6.07) is 11.9. The van der Waals surface area contributed by atoms with Crippen molar-refractivity contribution in [2.45, 2.75) is 19.6 Å². The van der Waals surface area contributed by atoms with Crippen LogP contribution in [0.4, 0.5) is 5.69 Å². The quantitative estimate of drug-likeness (QED) is 0.471. The molecule has 0 aromatic heterocycles. The summed E-state index contributed by atoms with van der Waals surface area (Å²) in [4.78, 5) is 0. The Kier molecular flexibility index (Phi) is 7.69. The van der Waals surface area contributed by atoms with Crippen molar-refractivity contribution < 1.29 is 0 Å². The average Bonchev–Trinajstić information content (AvgIpc) is 2.53. The highest BCUT2D eigenvalue weighted by molar-refractivity contribution is 7.98. The van der Waals surface area contributed by atoms with Crippen molar-refractivity contribution in [1.82, 2.24) is 5.32 Å². The van der Waals surface area contributed by atoms with E-state index in [9.17, 15) is 0 Å². The highest BCUT2D eigenvalue weighted by atomic mass is 35.5. The number of nitrogens with one attached hydrogen (secondary N) is 2. The van der Waals surface area contributed by atoms with Gasteiger partial charge in [0.05, 0.1) is 0 Å². The van der Waals surface area contributed by atoms with Crippen LogP contribution in [0.15, 0.2) is 36.4 Å². The fourth-order valence-corrected chi connectivity index (χ4v) is 3.93. The van der Waals surface area contributed by atoms with Gasteiger partial charge < -0.3 is 10.6 Å². The molecule has 0 aliphatic rings. The van der Waals surface area contributed by atoms with Gasteiger partial charge in [0.1, 0.15) is 0 Å². The zero-order chi connectivity index (χ0) is 17.5. The van der Waals surface area contributed by atoms with Gasteiger partial charge in [-0.05, 0) is 61.0 Å². The highest BCUT2D eigenvalue weighted by Crippen LogP contribution is 2.27. The smallest absolute Gasteiger partial charge is 0.170 e. The zero-order valence-corrected chi connectivity index (χ0v) is 16.8. The van der Waals surface area contributed by atoms with Crippen LogP contribution in [0.5, 0.6) is 0 Å². The standard InChI is InChI=1S/C18H20Cl2N2S2/c1-12-6-7-13(2)17(10-12)22-18(23)21-8-9-24-11-14-15(19)4-3-5-16(14)20/h3-7,10H,8-9,11H2,1-2H3,(H2,21,22,23). The van der Waals surface area contributed by atoms with Crippen molar-refractivity contribution in [2.24, 2.45) is 0 Å². The third kappa shape index (κ3) is 5.85. The average molecular weight is 399 g/mol. The van der Waals surface area contributed by atoms with Crippen molar-refractivity contribution in [3.63, 3.8) is 0 Å². The first-order chi connectivity index (χ1) is 11.5. The van der Waals surface area contributed by atoms with Gasteiger partial charge in [0.2, 0.25) is 0 Å². The van der Waals surface area contributed by atoms with Crippen molar-refractivity contribution in [3.05, 3.63) is 63.1 Å². The summed E-state index contributed by atoms with van der Waals surface area (Å²) in [6.45, 7) is 4.91. The number of aryl methyl sites for hydroxylation is 2. The van der Waals surface area contributed by atoms with E-state index >= 15 is 0 Å². The monoisotopic (exact) mass is 398 g/mol. The van der Waals surface area contributed by atoms with Crippen LogP contribution >= 0.6 is 47.2 Å². The van der Waals surface area contributed by atoms with Gasteiger partial charge in [0, 0.05) is 33.8 Å². The predicted molar refractivity (Wildman–Crippen MR) is 113 cm³/mol. The van der Waals surface area contributed by atoms with Crippen molar-refractivity contribution in [1.29, 1.82) is 0 Å². The molecule has 6 heteroatoms. The van der Waals surface area contributed by atoms with E-state index < -0.39 is 0 Å². The van der Waals surface area contributed by atoms with Crippen LogP contribution in [-0.4, -0.2) is 17.4 Å². The number of anilines is 1. The molecule has 2 aromatic rings. The number of hydrogen-bond acceptors (Lipinski definition) is 2. The molecule has 0 atom stereocenters. The minimum absolute atomic E-state index is 0.639. The van der Waals surface area contributed by atoms with Crippen LogP contribution in [0, 0.1) is 13.8 Å². The fourth-order valence-electron chi connectivity index (χ4n) is 2.12. The molecule has 2 aromatic carbocycles. The first-order valence-electron chi connectivity index (χ1n) is 7.60. The van der Waals surface area contributed by atoms with Gasteiger partial charge in [-0.2, -0.15) is 11.8 Å². The van der Waals surface area contributed by atoms with E-state index in [4.69, 9.17) is 35.4 Å². The van der Waals surface area contributed by atoms with Gasteiger partial charge in [-0.1, -0.05) is 41.4 Å². The molecular formula is C18H20Cl2N2S2. The van der Waals surface area contributed by atoms with E-state index in [1.54, 1.807) is 11.8 Å². The lowest BCUT2D eigenvalue weighted by Crippen LogP contribution is -2.30. The molecule has 0 heterocycles. The molecule has 0 saturated carbocycles. The summed E-state index contributed by atoms with van der Waals surface area (Å²) in [7, 11) is 0. The van der Waals surface area contributed by atoms with Crippen LogP contribution in [0.25, 0.3) is 0 Å². The Morgan fingerprint density at radius 2 is 1.83 bits per heavy atom. The second kappa shape index (κ2) is 9.52. The maximum Gasteiger partial charge on any atom is 0.170 e. The Balaban J connectivity index is 1.72. The van der Waals surface area contributed by atoms with Crippen molar-refractivity contribution in [3.8, 4) is 0 Å². The number of thiocarbonyl (C=S) groups is 1.